The molecule has 0 atom stereocenters. The number of aromatic nitrogens is 2. The van der Waals surface area contributed by atoms with Crippen LogP contribution in [0, 0.1) is 0 Å². The maximum Gasteiger partial charge on any atom is 0.149 e. The first-order valence-electron chi connectivity index (χ1n) is 4.47. The first-order valence-corrected chi connectivity index (χ1v) is 5.26. The molecule has 14 heavy (non-hydrogen) atoms. The third-order valence-electron chi connectivity index (χ3n) is 1.89. The summed E-state index contributed by atoms with van der Waals surface area (Å²) in [5, 5.41) is 10.8. The van der Waals surface area contributed by atoms with Gasteiger partial charge in [-0.2, -0.15) is 0 Å². The van der Waals surface area contributed by atoms with Gasteiger partial charge in [0.05, 0.1) is 4.47 Å². The number of nitrogens with one attached hydrogen (secondary N) is 1. The highest BCUT2D eigenvalue weighted by molar-refractivity contribution is 9.10. The highest BCUT2D eigenvalue weighted by Gasteiger charge is 2.06. The van der Waals surface area contributed by atoms with Crippen molar-refractivity contribution in [2.75, 3.05) is 11.9 Å². The van der Waals surface area contributed by atoms with Gasteiger partial charge in [0.15, 0.2) is 0 Å². The Bertz CT molecular complexity index is 441. The number of fused-ring (bicyclic) bond motifs is 1. The van der Waals surface area contributed by atoms with E-state index < -0.39 is 0 Å². The molecule has 5 heteroatoms. The van der Waals surface area contributed by atoms with Crippen LogP contribution in [0.4, 0.5) is 5.69 Å². The van der Waals surface area contributed by atoms with Gasteiger partial charge in [-0.25, -0.2) is 4.63 Å². The zero-order chi connectivity index (χ0) is 9.97. The molecule has 1 N–H and O–H groups in total. The smallest absolute Gasteiger partial charge is 0.149 e. The minimum Gasteiger partial charge on any atom is -0.385 e. The molecule has 4 nitrogen and oxygen atoms in total. The van der Waals surface area contributed by atoms with Crippen LogP contribution in [0.15, 0.2) is 21.2 Å². The summed E-state index contributed by atoms with van der Waals surface area (Å²) in [5.74, 6) is 0. The molecule has 1 heterocycles. The Kier molecular flexibility index (Phi) is 2.67. The van der Waals surface area contributed by atoms with Crippen LogP contribution >= 0.6 is 15.9 Å². The highest BCUT2D eigenvalue weighted by Crippen LogP contribution is 2.25. The van der Waals surface area contributed by atoms with Crippen molar-refractivity contribution in [1.29, 1.82) is 0 Å². The van der Waals surface area contributed by atoms with Crippen molar-refractivity contribution in [2.24, 2.45) is 0 Å². The average Bonchev–Trinajstić information content (AvgIpc) is 2.63. The Morgan fingerprint density at radius 3 is 3.07 bits per heavy atom. The number of nitrogens with zero attached hydrogens (tertiary/aromatic N) is 2. The summed E-state index contributed by atoms with van der Waals surface area (Å²) in [5.41, 5.74) is 2.55. The molecule has 1 aromatic carbocycles. The topological polar surface area (TPSA) is 51.0 Å². The first kappa shape index (κ1) is 9.45. The van der Waals surface area contributed by atoms with E-state index in [-0.39, 0.29) is 0 Å². The van der Waals surface area contributed by atoms with Gasteiger partial charge in [-0.15, -0.1) is 0 Å². The lowest BCUT2D eigenvalue weighted by Gasteiger charge is -2.04. The Hall–Kier alpha value is -1.10. The molecule has 0 saturated carbocycles. The van der Waals surface area contributed by atoms with Crippen LogP contribution in [0.3, 0.4) is 0 Å². The van der Waals surface area contributed by atoms with E-state index in [1.807, 2.05) is 12.1 Å². The van der Waals surface area contributed by atoms with Gasteiger partial charge in [0.25, 0.3) is 0 Å². The molecule has 2 aromatic rings. The number of rotatable bonds is 3. The number of halogens is 1. The molecule has 74 valence electrons. The molecule has 0 aliphatic heterocycles. The van der Waals surface area contributed by atoms with Crippen molar-refractivity contribution in [2.45, 2.75) is 13.3 Å². The molecule has 0 unspecified atom stereocenters. The monoisotopic (exact) mass is 255 g/mol. The normalized spacial score (nSPS) is 10.7. The van der Waals surface area contributed by atoms with Crippen molar-refractivity contribution in [3.05, 3.63) is 16.6 Å². The van der Waals surface area contributed by atoms with Crippen LogP contribution in [-0.4, -0.2) is 16.9 Å². The number of benzene rings is 1. The molecule has 1 aromatic heterocycles. The summed E-state index contributed by atoms with van der Waals surface area (Å²) in [7, 11) is 0. The molecule has 0 amide bonds. The van der Waals surface area contributed by atoms with Crippen molar-refractivity contribution in [1.82, 2.24) is 10.3 Å². The Balaban J connectivity index is 2.38. The molecule has 2 rings (SSSR count). The third kappa shape index (κ3) is 1.72. The predicted molar refractivity (Wildman–Crippen MR) is 58.3 cm³/mol. The van der Waals surface area contributed by atoms with Gasteiger partial charge in [-0.05, 0) is 44.8 Å². The summed E-state index contributed by atoms with van der Waals surface area (Å²) < 4.78 is 5.55. The van der Waals surface area contributed by atoms with Gasteiger partial charge in [0, 0.05) is 12.2 Å². The maximum absolute atomic E-state index is 4.65. The fraction of sp³-hybridized carbons (Fsp3) is 0.333. The molecule has 0 spiro atoms. The van der Waals surface area contributed by atoms with Gasteiger partial charge in [-0.1, -0.05) is 6.92 Å². The lowest BCUT2D eigenvalue weighted by molar-refractivity contribution is 0.315. The van der Waals surface area contributed by atoms with Gasteiger partial charge >= 0.3 is 0 Å². The van der Waals surface area contributed by atoms with E-state index in [0.29, 0.717) is 0 Å². The fourth-order valence-electron chi connectivity index (χ4n) is 1.22. The summed E-state index contributed by atoms with van der Waals surface area (Å²) >= 11 is 3.42. The standard InChI is InChI=1S/C9H10BrN3O/c1-2-3-11-6-4-7(10)9-8(5-6)12-14-13-9/h4-5,11H,2-3H2,1H3. The zero-order valence-corrected chi connectivity index (χ0v) is 9.34. The van der Waals surface area contributed by atoms with Crippen LogP contribution in [0.2, 0.25) is 0 Å². The van der Waals surface area contributed by atoms with Crippen molar-refractivity contribution < 1.29 is 4.63 Å². The molecule has 0 aliphatic rings. The van der Waals surface area contributed by atoms with E-state index in [2.05, 4.69) is 43.1 Å². The minimum absolute atomic E-state index is 0.757. The average molecular weight is 256 g/mol. The first-order chi connectivity index (χ1) is 6.81. The van der Waals surface area contributed by atoms with E-state index in [4.69, 9.17) is 0 Å². The molecular weight excluding hydrogens is 246 g/mol. The predicted octanol–water partition coefficient (Wildman–Crippen LogP) is 2.81. The van der Waals surface area contributed by atoms with Gasteiger partial charge in [0.2, 0.25) is 0 Å². The Morgan fingerprint density at radius 2 is 2.29 bits per heavy atom. The largest absolute Gasteiger partial charge is 0.385 e. The summed E-state index contributed by atoms with van der Waals surface area (Å²) in [6.45, 7) is 3.07. The molecule has 0 radical (unpaired) electrons. The lowest BCUT2D eigenvalue weighted by atomic mass is 10.2. The maximum atomic E-state index is 4.65. The summed E-state index contributed by atoms with van der Waals surface area (Å²) in [4.78, 5) is 0. The van der Waals surface area contributed by atoms with E-state index in [0.717, 1.165) is 34.2 Å². The second-order valence-corrected chi connectivity index (χ2v) is 3.87. The lowest BCUT2D eigenvalue weighted by Crippen LogP contribution is -1.99. The third-order valence-corrected chi connectivity index (χ3v) is 2.50. The molecule has 0 aliphatic carbocycles. The van der Waals surface area contributed by atoms with Crippen LogP contribution < -0.4 is 5.32 Å². The van der Waals surface area contributed by atoms with Crippen molar-refractivity contribution >= 4 is 32.7 Å². The highest BCUT2D eigenvalue weighted by atomic mass is 79.9. The molecule has 0 fully saturated rings. The Labute approximate surface area is 89.8 Å². The Morgan fingerprint density at radius 1 is 1.43 bits per heavy atom. The van der Waals surface area contributed by atoms with Crippen LogP contribution in [-0.2, 0) is 0 Å². The van der Waals surface area contributed by atoms with Gasteiger partial charge in [-0.3, -0.25) is 0 Å². The number of hydrogen-bond acceptors (Lipinski definition) is 4. The SMILES string of the molecule is CCCNc1cc(Br)c2nonc2c1. The van der Waals surface area contributed by atoms with E-state index in [1.54, 1.807) is 0 Å². The molecular formula is C9H10BrN3O. The molecule has 0 bridgehead atoms. The van der Waals surface area contributed by atoms with E-state index in [1.165, 1.54) is 0 Å². The van der Waals surface area contributed by atoms with Crippen molar-refractivity contribution in [3.63, 3.8) is 0 Å². The summed E-state index contributed by atoms with van der Waals surface area (Å²) in [6, 6.07) is 3.90. The number of anilines is 1. The fourth-order valence-corrected chi connectivity index (χ4v) is 1.74. The number of hydrogen-bond donors (Lipinski definition) is 1. The molecule has 0 saturated heterocycles. The second-order valence-electron chi connectivity index (χ2n) is 3.02. The van der Waals surface area contributed by atoms with E-state index in [9.17, 15) is 0 Å². The summed E-state index contributed by atoms with van der Waals surface area (Å²) in [6.07, 6.45) is 1.09. The van der Waals surface area contributed by atoms with Crippen LogP contribution in [0.5, 0.6) is 0 Å². The van der Waals surface area contributed by atoms with Gasteiger partial charge in [0.1, 0.15) is 11.0 Å². The van der Waals surface area contributed by atoms with Crippen LogP contribution in [0.1, 0.15) is 13.3 Å². The second kappa shape index (κ2) is 3.96. The quantitative estimate of drug-likeness (QED) is 0.917. The minimum atomic E-state index is 0.757. The van der Waals surface area contributed by atoms with Gasteiger partial charge < -0.3 is 5.32 Å². The zero-order valence-electron chi connectivity index (χ0n) is 7.75. The van der Waals surface area contributed by atoms with Crippen LogP contribution in [0.25, 0.3) is 11.0 Å². The van der Waals surface area contributed by atoms with Crippen molar-refractivity contribution in [3.8, 4) is 0 Å². The van der Waals surface area contributed by atoms with E-state index >= 15 is 0 Å².